The standard InChI is InChI=1S/C25H30N4O4/c1-17-6-8-18(9-7-17)14-26-25(30)20-5-4-12-29(15-20)16-23-27-24(28-33-23)19-10-11-21(31-2)22(13-19)32-3/h6-11,13,20H,4-5,12,14-16H2,1-3H3,(H,26,30)/t20-/m1/s1. The summed E-state index contributed by atoms with van der Waals surface area (Å²) in [5.74, 6) is 2.33. The maximum absolute atomic E-state index is 12.7. The Balaban J connectivity index is 1.33. The fraction of sp³-hybridized carbons (Fsp3) is 0.400. The second-order valence-corrected chi connectivity index (χ2v) is 8.36. The van der Waals surface area contributed by atoms with Crippen molar-refractivity contribution in [2.24, 2.45) is 5.92 Å². The molecule has 1 aromatic heterocycles. The number of benzene rings is 2. The largest absolute Gasteiger partial charge is 0.493 e. The number of amides is 1. The molecule has 2 aromatic carbocycles. The molecular weight excluding hydrogens is 420 g/mol. The lowest BCUT2D eigenvalue weighted by atomic mass is 9.97. The fourth-order valence-corrected chi connectivity index (χ4v) is 4.06. The zero-order valence-electron chi connectivity index (χ0n) is 19.3. The van der Waals surface area contributed by atoms with Crippen LogP contribution in [0.15, 0.2) is 47.0 Å². The molecule has 1 fully saturated rings. The van der Waals surface area contributed by atoms with Crippen molar-refractivity contribution in [2.45, 2.75) is 32.9 Å². The number of likely N-dealkylation sites (tertiary alicyclic amines) is 1. The van der Waals surface area contributed by atoms with Gasteiger partial charge in [0.25, 0.3) is 0 Å². The van der Waals surface area contributed by atoms with Crippen LogP contribution in [0.25, 0.3) is 11.4 Å². The highest BCUT2D eigenvalue weighted by atomic mass is 16.5. The molecule has 0 bridgehead atoms. The van der Waals surface area contributed by atoms with Gasteiger partial charge in [-0.05, 0) is 50.1 Å². The van der Waals surface area contributed by atoms with Crippen LogP contribution in [0.2, 0.25) is 0 Å². The number of carbonyl (C=O) groups excluding carboxylic acids is 1. The average Bonchev–Trinajstić information content (AvgIpc) is 3.31. The number of aryl methyl sites for hydroxylation is 1. The van der Waals surface area contributed by atoms with E-state index in [0.29, 0.717) is 42.8 Å². The number of hydrogen-bond acceptors (Lipinski definition) is 7. The SMILES string of the molecule is COc1ccc(-c2noc(CN3CCC[C@@H](C(=O)NCc4ccc(C)cc4)C3)n2)cc1OC. The number of piperidine rings is 1. The minimum absolute atomic E-state index is 0.0440. The fourth-order valence-electron chi connectivity index (χ4n) is 4.06. The third-order valence-electron chi connectivity index (χ3n) is 5.93. The number of ether oxygens (including phenoxy) is 2. The first-order valence-corrected chi connectivity index (χ1v) is 11.2. The molecule has 0 spiro atoms. The second kappa shape index (κ2) is 10.5. The van der Waals surface area contributed by atoms with Crippen LogP contribution in [0.1, 0.15) is 29.9 Å². The zero-order valence-corrected chi connectivity index (χ0v) is 19.3. The van der Waals surface area contributed by atoms with Gasteiger partial charge >= 0.3 is 0 Å². The Morgan fingerprint density at radius 2 is 1.94 bits per heavy atom. The van der Waals surface area contributed by atoms with E-state index < -0.39 is 0 Å². The van der Waals surface area contributed by atoms with Crippen LogP contribution in [-0.4, -0.2) is 48.3 Å². The van der Waals surface area contributed by atoms with E-state index in [4.69, 9.17) is 14.0 Å². The molecule has 1 amide bonds. The summed E-state index contributed by atoms with van der Waals surface area (Å²) >= 11 is 0. The van der Waals surface area contributed by atoms with Gasteiger partial charge in [0.1, 0.15) is 0 Å². The summed E-state index contributed by atoms with van der Waals surface area (Å²) in [6, 6.07) is 13.7. The van der Waals surface area contributed by atoms with Gasteiger partial charge in [-0.3, -0.25) is 9.69 Å². The van der Waals surface area contributed by atoms with Crippen LogP contribution in [0, 0.1) is 12.8 Å². The molecule has 1 aliphatic heterocycles. The van der Waals surface area contributed by atoms with Crippen LogP contribution in [0.4, 0.5) is 0 Å². The summed E-state index contributed by atoms with van der Waals surface area (Å²) in [5, 5.41) is 7.20. The molecule has 1 saturated heterocycles. The van der Waals surface area contributed by atoms with Crippen LogP contribution >= 0.6 is 0 Å². The molecule has 33 heavy (non-hydrogen) atoms. The smallest absolute Gasteiger partial charge is 0.241 e. The van der Waals surface area contributed by atoms with Crippen molar-refractivity contribution >= 4 is 5.91 Å². The molecule has 1 aliphatic rings. The van der Waals surface area contributed by atoms with E-state index in [1.54, 1.807) is 14.2 Å². The van der Waals surface area contributed by atoms with Gasteiger partial charge in [-0.1, -0.05) is 35.0 Å². The second-order valence-electron chi connectivity index (χ2n) is 8.36. The van der Waals surface area contributed by atoms with Gasteiger partial charge in [-0.2, -0.15) is 4.98 Å². The normalized spacial score (nSPS) is 16.4. The number of nitrogens with zero attached hydrogens (tertiary/aromatic N) is 3. The van der Waals surface area contributed by atoms with E-state index in [1.165, 1.54) is 5.56 Å². The summed E-state index contributed by atoms with van der Waals surface area (Å²) in [6.07, 6.45) is 1.84. The number of methoxy groups -OCH3 is 2. The third kappa shape index (κ3) is 5.70. The van der Waals surface area contributed by atoms with Gasteiger partial charge in [0.2, 0.25) is 17.6 Å². The molecule has 1 atom stereocenters. The Morgan fingerprint density at radius 3 is 2.70 bits per heavy atom. The van der Waals surface area contributed by atoms with Gasteiger partial charge < -0.3 is 19.3 Å². The summed E-state index contributed by atoms with van der Waals surface area (Å²) in [6.45, 7) is 4.69. The van der Waals surface area contributed by atoms with Crippen molar-refractivity contribution in [1.29, 1.82) is 0 Å². The minimum Gasteiger partial charge on any atom is -0.493 e. The lowest BCUT2D eigenvalue weighted by Crippen LogP contribution is -2.42. The third-order valence-corrected chi connectivity index (χ3v) is 5.93. The molecule has 2 heterocycles. The molecule has 0 radical (unpaired) electrons. The zero-order chi connectivity index (χ0) is 23.2. The molecule has 8 heteroatoms. The molecule has 0 unspecified atom stereocenters. The summed E-state index contributed by atoms with van der Waals surface area (Å²) in [7, 11) is 3.19. The van der Waals surface area contributed by atoms with E-state index in [0.717, 1.165) is 30.5 Å². The Labute approximate surface area is 193 Å². The first-order valence-electron chi connectivity index (χ1n) is 11.2. The molecule has 0 aliphatic carbocycles. The predicted molar refractivity (Wildman–Crippen MR) is 124 cm³/mol. The molecule has 4 rings (SSSR count). The summed E-state index contributed by atoms with van der Waals surface area (Å²) in [4.78, 5) is 19.5. The molecule has 174 valence electrons. The van der Waals surface area contributed by atoms with Crippen LogP contribution in [-0.2, 0) is 17.9 Å². The molecular formula is C25H30N4O4. The summed E-state index contributed by atoms with van der Waals surface area (Å²) < 4.78 is 16.1. The van der Waals surface area contributed by atoms with Crippen molar-refractivity contribution in [3.8, 4) is 22.9 Å². The van der Waals surface area contributed by atoms with Crippen LogP contribution in [0.5, 0.6) is 11.5 Å². The number of aromatic nitrogens is 2. The van der Waals surface area contributed by atoms with E-state index in [9.17, 15) is 4.79 Å². The van der Waals surface area contributed by atoms with Crippen LogP contribution < -0.4 is 14.8 Å². The quantitative estimate of drug-likeness (QED) is 0.561. The molecule has 3 aromatic rings. The van der Waals surface area contributed by atoms with Crippen molar-refractivity contribution in [1.82, 2.24) is 20.4 Å². The van der Waals surface area contributed by atoms with Gasteiger partial charge in [0.15, 0.2) is 11.5 Å². The molecule has 8 nitrogen and oxygen atoms in total. The number of hydrogen-bond donors (Lipinski definition) is 1. The van der Waals surface area contributed by atoms with E-state index in [2.05, 4.69) is 39.4 Å². The van der Waals surface area contributed by atoms with E-state index in [-0.39, 0.29) is 11.8 Å². The highest BCUT2D eigenvalue weighted by Crippen LogP contribution is 2.31. The minimum atomic E-state index is -0.0440. The van der Waals surface area contributed by atoms with Gasteiger partial charge in [-0.15, -0.1) is 0 Å². The maximum atomic E-state index is 12.7. The lowest BCUT2D eigenvalue weighted by Gasteiger charge is -2.30. The van der Waals surface area contributed by atoms with Crippen molar-refractivity contribution in [2.75, 3.05) is 27.3 Å². The van der Waals surface area contributed by atoms with E-state index >= 15 is 0 Å². The Bertz CT molecular complexity index is 1080. The van der Waals surface area contributed by atoms with Crippen LogP contribution in [0.3, 0.4) is 0 Å². The first kappa shape index (κ1) is 22.8. The first-order chi connectivity index (χ1) is 16.1. The monoisotopic (exact) mass is 450 g/mol. The number of carbonyl (C=O) groups is 1. The van der Waals surface area contributed by atoms with Crippen molar-refractivity contribution in [3.05, 3.63) is 59.5 Å². The highest BCUT2D eigenvalue weighted by Gasteiger charge is 2.27. The topological polar surface area (TPSA) is 89.7 Å². The average molecular weight is 451 g/mol. The van der Waals surface area contributed by atoms with Crippen molar-refractivity contribution < 1.29 is 18.8 Å². The van der Waals surface area contributed by atoms with Crippen molar-refractivity contribution in [3.63, 3.8) is 0 Å². The Morgan fingerprint density at radius 1 is 1.15 bits per heavy atom. The predicted octanol–water partition coefficient (Wildman–Crippen LogP) is 3.59. The molecule has 1 N–H and O–H groups in total. The van der Waals surface area contributed by atoms with Gasteiger partial charge in [-0.25, -0.2) is 0 Å². The molecule has 0 saturated carbocycles. The number of nitrogens with one attached hydrogen (secondary N) is 1. The van der Waals surface area contributed by atoms with E-state index in [1.807, 2.05) is 30.3 Å². The Kier molecular flexibility index (Phi) is 7.24. The highest BCUT2D eigenvalue weighted by molar-refractivity contribution is 5.79. The number of rotatable bonds is 8. The Hall–Kier alpha value is -3.39. The maximum Gasteiger partial charge on any atom is 0.241 e. The lowest BCUT2D eigenvalue weighted by molar-refractivity contribution is -0.127. The summed E-state index contributed by atoms with van der Waals surface area (Å²) in [5.41, 5.74) is 3.10. The van der Waals surface area contributed by atoms with Gasteiger partial charge in [0, 0.05) is 18.7 Å². The van der Waals surface area contributed by atoms with Gasteiger partial charge in [0.05, 0.1) is 26.7 Å².